The number of methoxy groups -OCH3 is 1. The van der Waals surface area contributed by atoms with Crippen LogP contribution in [0.2, 0.25) is 5.02 Å². The second kappa shape index (κ2) is 6.80. The van der Waals surface area contributed by atoms with Crippen LogP contribution in [-0.2, 0) is 4.79 Å². The molecule has 0 saturated heterocycles. The number of aryl methyl sites for hydroxylation is 1. The number of fused-ring (bicyclic) bond motifs is 1. The van der Waals surface area contributed by atoms with E-state index in [9.17, 15) is 14.4 Å². The molecule has 1 aliphatic heterocycles. The highest BCUT2D eigenvalue weighted by Gasteiger charge is 2.40. The molecule has 134 valence electrons. The minimum Gasteiger partial charge on any atom is -0.495 e. The molecule has 0 radical (unpaired) electrons. The highest BCUT2D eigenvalue weighted by atomic mass is 35.5. The topological polar surface area (TPSA) is 75.7 Å². The van der Waals surface area contributed by atoms with Gasteiger partial charge in [-0.3, -0.25) is 19.3 Å². The Hall–Kier alpha value is -2.86. The molecule has 0 aliphatic carbocycles. The van der Waals surface area contributed by atoms with Crippen molar-refractivity contribution in [3.05, 3.63) is 58.1 Å². The van der Waals surface area contributed by atoms with E-state index in [2.05, 4.69) is 5.32 Å². The SMILES string of the molecule is COc1cc(Cl)c(C)cc1NC(=O)C(C)N1C(=O)c2ccccc2C1=O. The van der Waals surface area contributed by atoms with E-state index < -0.39 is 23.8 Å². The molecular formula is C19H17ClN2O4. The Labute approximate surface area is 155 Å². The molecule has 1 unspecified atom stereocenters. The number of benzene rings is 2. The molecule has 6 nitrogen and oxygen atoms in total. The molecule has 0 fully saturated rings. The van der Waals surface area contributed by atoms with Crippen molar-refractivity contribution in [1.29, 1.82) is 0 Å². The van der Waals surface area contributed by atoms with Crippen molar-refractivity contribution in [2.24, 2.45) is 0 Å². The Balaban J connectivity index is 1.85. The van der Waals surface area contributed by atoms with Crippen LogP contribution in [0.5, 0.6) is 5.75 Å². The minimum absolute atomic E-state index is 0.303. The average molecular weight is 373 g/mol. The van der Waals surface area contributed by atoms with Crippen molar-refractivity contribution in [1.82, 2.24) is 4.90 Å². The molecule has 0 aromatic heterocycles. The number of carbonyl (C=O) groups excluding carboxylic acids is 3. The van der Waals surface area contributed by atoms with Crippen molar-refractivity contribution >= 4 is 35.0 Å². The first-order chi connectivity index (χ1) is 12.3. The third-order valence-electron chi connectivity index (χ3n) is 4.33. The lowest BCUT2D eigenvalue weighted by Gasteiger charge is -2.22. The molecule has 1 heterocycles. The van der Waals surface area contributed by atoms with Crippen LogP contribution in [0, 0.1) is 6.92 Å². The van der Waals surface area contributed by atoms with Crippen LogP contribution in [0.3, 0.4) is 0 Å². The minimum atomic E-state index is -0.983. The Kier molecular flexibility index (Phi) is 4.70. The summed E-state index contributed by atoms with van der Waals surface area (Å²) >= 11 is 6.07. The van der Waals surface area contributed by atoms with E-state index >= 15 is 0 Å². The molecule has 26 heavy (non-hydrogen) atoms. The van der Waals surface area contributed by atoms with Gasteiger partial charge in [-0.05, 0) is 37.6 Å². The standard InChI is InChI=1S/C19H17ClN2O4/c1-10-8-15(16(26-3)9-14(10)20)21-17(23)11(2)22-18(24)12-6-4-5-7-13(12)19(22)25/h4-9,11H,1-3H3,(H,21,23). The van der Waals surface area contributed by atoms with Crippen molar-refractivity contribution in [3.63, 3.8) is 0 Å². The molecule has 3 amide bonds. The van der Waals surface area contributed by atoms with Gasteiger partial charge in [-0.15, -0.1) is 0 Å². The van der Waals surface area contributed by atoms with Crippen LogP contribution in [0.15, 0.2) is 36.4 Å². The zero-order valence-corrected chi connectivity index (χ0v) is 15.3. The fraction of sp³-hybridized carbons (Fsp3) is 0.211. The van der Waals surface area contributed by atoms with Gasteiger partial charge in [-0.2, -0.15) is 0 Å². The number of nitrogens with zero attached hydrogens (tertiary/aromatic N) is 1. The number of anilines is 1. The molecule has 2 aromatic carbocycles. The summed E-state index contributed by atoms with van der Waals surface area (Å²) in [6.07, 6.45) is 0. The van der Waals surface area contributed by atoms with Crippen molar-refractivity contribution in [2.45, 2.75) is 19.9 Å². The lowest BCUT2D eigenvalue weighted by Crippen LogP contribution is -2.45. The van der Waals surface area contributed by atoms with Gasteiger partial charge in [0.05, 0.1) is 23.9 Å². The number of hydrogen-bond acceptors (Lipinski definition) is 4. The smallest absolute Gasteiger partial charge is 0.262 e. The maximum absolute atomic E-state index is 12.7. The van der Waals surface area contributed by atoms with E-state index in [1.165, 1.54) is 14.0 Å². The molecular weight excluding hydrogens is 356 g/mol. The first-order valence-corrected chi connectivity index (χ1v) is 8.35. The number of rotatable bonds is 4. The van der Waals surface area contributed by atoms with Gasteiger partial charge in [-0.1, -0.05) is 23.7 Å². The average Bonchev–Trinajstić information content (AvgIpc) is 2.88. The Morgan fingerprint density at radius 1 is 1.15 bits per heavy atom. The first kappa shape index (κ1) is 17.9. The Morgan fingerprint density at radius 3 is 2.27 bits per heavy atom. The first-order valence-electron chi connectivity index (χ1n) is 7.97. The lowest BCUT2D eigenvalue weighted by atomic mass is 10.1. The van der Waals surface area contributed by atoms with Gasteiger partial charge in [0, 0.05) is 11.1 Å². The van der Waals surface area contributed by atoms with Crippen LogP contribution >= 0.6 is 11.6 Å². The van der Waals surface area contributed by atoms with E-state index in [-0.39, 0.29) is 0 Å². The van der Waals surface area contributed by atoms with Gasteiger partial charge in [0.25, 0.3) is 11.8 Å². The normalized spacial score (nSPS) is 14.2. The van der Waals surface area contributed by atoms with Crippen molar-refractivity contribution in [2.75, 3.05) is 12.4 Å². The van der Waals surface area contributed by atoms with Crippen LogP contribution in [-0.4, -0.2) is 35.8 Å². The monoisotopic (exact) mass is 372 g/mol. The van der Waals surface area contributed by atoms with Crippen LogP contribution in [0.1, 0.15) is 33.2 Å². The number of amides is 3. The second-order valence-corrected chi connectivity index (χ2v) is 6.40. The van der Waals surface area contributed by atoms with Crippen molar-refractivity contribution in [3.8, 4) is 5.75 Å². The summed E-state index contributed by atoms with van der Waals surface area (Å²) in [5.41, 5.74) is 1.79. The fourth-order valence-corrected chi connectivity index (χ4v) is 3.00. The summed E-state index contributed by atoms with van der Waals surface area (Å²) < 4.78 is 5.23. The predicted molar refractivity (Wildman–Crippen MR) is 97.8 cm³/mol. The van der Waals surface area contributed by atoms with E-state index in [0.29, 0.717) is 27.6 Å². The Morgan fingerprint density at radius 2 is 1.73 bits per heavy atom. The third-order valence-corrected chi connectivity index (χ3v) is 4.74. The molecule has 0 spiro atoms. The largest absolute Gasteiger partial charge is 0.495 e. The van der Waals surface area contributed by atoms with E-state index in [4.69, 9.17) is 16.3 Å². The van der Waals surface area contributed by atoms with Gasteiger partial charge in [0.1, 0.15) is 11.8 Å². The van der Waals surface area contributed by atoms with E-state index in [1.54, 1.807) is 43.3 Å². The number of nitrogens with one attached hydrogen (secondary N) is 1. The summed E-state index contributed by atoms with van der Waals surface area (Å²) in [5.74, 6) is -1.07. The van der Waals surface area contributed by atoms with E-state index in [1.807, 2.05) is 0 Å². The third kappa shape index (κ3) is 2.93. The number of hydrogen-bond donors (Lipinski definition) is 1. The summed E-state index contributed by atoms with van der Waals surface area (Å²) in [6.45, 7) is 3.30. The molecule has 0 bridgehead atoms. The van der Waals surface area contributed by atoms with Crippen LogP contribution < -0.4 is 10.1 Å². The highest BCUT2D eigenvalue weighted by Crippen LogP contribution is 2.31. The summed E-state index contributed by atoms with van der Waals surface area (Å²) in [4.78, 5) is 38.6. The quantitative estimate of drug-likeness (QED) is 0.836. The summed E-state index contributed by atoms with van der Waals surface area (Å²) in [7, 11) is 1.46. The predicted octanol–water partition coefficient (Wildman–Crippen LogP) is 3.28. The molecule has 0 saturated carbocycles. The zero-order chi connectivity index (χ0) is 19.0. The van der Waals surface area contributed by atoms with E-state index in [0.717, 1.165) is 10.5 Å². The lowest BCUT2D eigenvalue weighted by molar-refractivity contribution is -0.119. The number of imide groups is 1. The zero-order valence-electron chi connectivity index (χ0n) is 14.5. The van der Waals surface area contributed by atoms with Gasteiger partial charge >= 0.3 is 0 Å². The van der Waals surface area contributed by atoms with Gasteiger partial charge in [0.2, 0.25) is 5.91 Å². The molecule has 1 N–H and O–H groups in total. The maximum Gasteiger partial charge on any atom is 0.262 e. The number of ether oxygens (including phenoxy) is 1. The molecule has 1 aliphatic rings. The second-order valence-electron chi connectivity index (χ2n) is 5.99. The van der Waals surface area contributed by atoms with Gasteiger partial charge in [-0.25, -0.2) is 0 Å². The summed E-state index contributed by atoms with van der Waals surface area (Å²) in [5, 5.41) is 3.21. The Bertz CT molecular complexity index is 891. The van der Waals surface area contributed by atoms with Crippen molar-refractivity contribution < 1.29 is 19.1 Å². The molecule has 3 rings (SSSR count). The number of carbonyl (C=O) groups is 3. The fourth-order valence-electron chi connectivity index (χ4n) is 2.84. The molecule has 2 aromatic rings. The van der Waals surface area contributed by atoms with Gasteiger partial charge in [0.15, 0.2) is 0 Å². The van der Waals surface area contributed by atoms with Crippen LogP contribution in [0.4, 0.5) is 5.69 Å². The maximum atomic E-state index is 12.7. The highest BCUT2D eigenvalue weighted by molar-refractivity contribution is 6.31. The van der Waals surface area contributed by atoms with Gasteiger partial charge < -0.3 is 10.1 Å². The summed E-state index contributed by atoms with van der Waals surface area (Å²) in [6, 6.07) is 8.80. The molecule has 1 atom stereocenters. The van der Waals surface area contributed by atoms with Crippen LogP contribution in [0.25, 0.3) is 0 Å². The molecule has 7 heteroatoms. The number of halogens is 1.